The van der Waals surface area contributed by atoms with Gasteiger partial charge in [0.1, 0.15) is 0 Å². The number of benzene rings is 1. The molecule has 128 valence electrons. The van der Waals surface area contributed by atoms with E-state index in [4.69, 9.17) is 0 Å². The number of para-hydroxylation sites is 1. The van der Waals surface area contributed by atoms with E-state index in [2.05, 4.69) is 4.90 Å². The van der Waals surface area contributed by atoms with Gasteiger partial charge in [-0.3, -0.25) is 4.90 Å². The molecular formula is C15H19F3N2O2S. The third-order valence-corrected chi connectivity index (χ3v) is 6.15. The summed E-state index contributed by atoms with van der Waals surface area (Å²) in [5.41, 5.74) is -5.12. The second kappa shape index (κ2) is 5.98. The smallest absolute Gasteiger partial charge is 0.369 e. The van der Waals surface area contributed by atoms with Crippen molar-refractivity contribution in [3.8, 4) is 0 Å². The normalized spacial score (nSPS) is 23.6. The van der Waals surface area contributed by atoms with Gasteiger partial charge >= 0.3 is 5.51 Å². The van der Waals surface area contributed by atoms with Gasteiger partial charge in [0, 0.05) is 19.1 Å². The summed E-state index contributed by atoms with van der Waals surface area (Å²) in [6.07, 6.45) is 3.14. The molecule has 23 heavy (non-hydrogen) atoms. The Kier molecular flexibility index (Phi) is 4.31. The Morgan fingerprint density at radius 3 is 2.35 bits per heavy atom. The van der Waals surface area contributed by atoms with Gasteiger partial charge in [-0.05, 0) is 44.5 Å². The minimum Gasteiger partial charge on any atom is -0.369 e. The fourth-order valence-corrected chi connectivity index (χ4v) is 4.42. The fraction of sp³-hybridized carbons (Fsp3) is 0.600. The van der Waals surface area contributed by atoms with Gasteiger partial charge in [0.2, 0.25) is 0 Å². The Bertz CT molecular complexity index is 670. The lowest BCUT2D eigenvalue weighted by molar-refractivity contribution is -0.0435. The monoisotopic (exact) mass is 348 g/mol. The molecule has 8 heteroatoms. The summed E-state index contributed by atoms with van der Waals surface area (Å²) >= 11 is 0. The number of halogens is 3. The van der Waals surface area contributed by atoms with E-state index >= 15 is 0 Å². The predicted molar refractivity (Wildman–Crippen MR) is 81.1 cm³/mol. The molecule has 0 saturated carbocycles. The van der Waals surface area contributed by atoms with Crippen LogP contribution >= 0.6 is 0 Å². The molecule has 1 aromatic rings. The highest BCUT2D eigenvalue weighted by atomic mass is 32.2. The van der Waals surface area contributed by atoms with Crippen LogP contribution in [0.5, 0.6) is 0 Å². The molecule has 2 saturated heterocycles. The molecule has 1 unspecified atom stereocenters. The standard InChI is InChI=1S/C15H19F3N2O2S/c16-15(17,18)23(21,22)14-6-2-1-5-13(14)20-10-7-12(11-20)19-8-3-4-9-19/h1-2,5-6,12H,3-4,7-11H2. The number of rotatable bonds is 3. The molecule has 4 nitrogen and oxygen atoms in total. The van der Waals surface area contributed by atoms with Crippen molar-refractivity contribution in [3.63, 3.8) is 0 Å². The number of nitrogens with zero attached hydrogens (tertiary/aromatic N) is 2. The van der Waals surface area contributed by atoms with Crippen molar-refractivity contribution in [2.45, 2.75) is 35.7 Å². The number of anilines is 1. The van der Waals surface area contributed by atoms with Crippen molar-refractivity contribution in [2.24, 2.45) is 0 Å². The molecule has 0 aliphatic carbocycles. The van der Waals surface area contributed by atoms with Crippen LogP contribution in [0.2, 0.25) is 0 Å². The summed E-state index contributed by atoms with van der Waals surface area (Å²) in [6, 6.07) is 5.70. The van der Waals surface area contributed by atoms with Crippen LogP contribution in [0.1, 0.15) is 19.3 Å². The number of alkyl halides is 3. The van der Waals surface area contributed by atoms with Crippen LogP contribution < -0.4 is 4.90 Å². The zero-order valence-corrected chi connectivity index (χ0v) is 13.4. The minimum absolute atomic E-state index is 0.159. The highest BCUT2D eigenvalue weighted by Gasteiger charge is 2.48. The van der Waals surface area contributed by atoms with Gasteiger partial charge in [0.25, 0.3) is 9.84 Å². The maximum Gasteiger partial charge on any atom is 0.501 e. The largest absolute Gasteiger partial charge is 0.501 e. The number of hydrogen-bond acceptors (Lipinski definition) is 4. The Morgan fingerprint density at radius 1 is 1.04 bits per heavy atom. The first-order chi connectivity index (χ1) is 10.8. The first kappa shape index (κ1) is 16.6. The highest BCUT2D eigenvalue weighted by Crippen LogP contribution is 2.37. The van der Waals surface area contributed by atoms with E-state index in [-0.39, 0.29) is 5.69 Å². The lowest BCUT2D eigenvalue weighted by Crippen LogP contribution is -2.35. The van der Waals surface area contributed by atoms with E-state index < -0.39 is 20.2 Å². The topological polar surface area (TPSA) is 40.6 Å². The summed E-state index contributed by atoms with van der Waals surface area (Å²) in [5.74, 6) is 0. The van der Waals surface area contributed by atoms with Gasteiger partial charge in [0.05, 0.1) is 10.6 Å². The molecular weight excluding hydrogens is 329 g/mol. The van der Waals surface area contributed by atoms with Crippen molar-refractivity contribution in [2.75, 3.05) is 31.1 Å². The molecule has 0 amide bonds. The fourth-order valence-electron chi connectivity index (χ4n) is 3.44. The molecule has 0 bridgehead atoms. The van der Waals surface area contributed by atoms with Gasteiger partial charge in [-0.25, -0.2) is 8.42 Å². The van der Waals surface area contributed by atoms with Crippen molar-refractivity contribution < 1.29 is 21.6 Å². The second-order valence-electron chi connectivity index (χ2n) is 6.05. The summed E-state index contributed by atoms with van der Waals surface area (Å²) in [4.78, 5) is 3.47. The van der Waals surface area contributed by atoms with Crippen molar-refractivity contribution in [1.29, 1.82) is 0 Å². The van der Waals surface area contributed by atoms with E-state index in [1.807, 2.05) is 0 Å². The molecule has 0 N–H and O–H groups in total. The molecule has 0 spiro atoms. The zero-order chi connectivity index (χ0) is 16.7. The van der Waals surface area contributed by atoms with E-state index in [1.165, 1.54) is 12.1 Å². The Hall–Kier alpha value is -1.28. The molecule has 0 radical (unpaired) electrons. The number of likely N-dealkylation sites (tertiary alicyclic amines) is 1. The molecule has 3 rings (SSSR count). The quantitative estimate of drug-likeness (QED) is 0.842. The molecule has 2 fully saturated rings. The highest BCUT2D eigenvalue weighted by molar-refractivity contribution is 7.92. The summed E-state index contributed by atoms with van der Waals surface area (Å²) in [6.45, 7) is 3.18. The SMILES string of the molecule is O=S(=O)(c1ccccc1N1CCC(N2CCCC2)C1)C(F)(F)F. The van der Waals surface area contributed by atoms with Crippen LogP contribution in [-0.4, -0.2) is 51.0 Å². The van der Waals surface area contributed by atoms with Gasteiger partial charge in [-0.2, -0.15) is 13.2 Å². The average molecular weight is 348 g/mol. The molecule has 2 aliphatic heterocycles. The molecule has 1 atom stereocenters. The molecule has 1 aromatic carbocycles. The Morgan fingerprint density at radius 2 is 1.70 bits per heavy atom. The Labute approximate surface area is 133 Å². The lowest BCUT2D eigenvalue weighted by atomic mass is 10.2. The molecule has 2 heterocycles. The first-order valence-corrected chi connectivity index (χ1v) is 9.18. The van der Waals surface area contributed by atoms with Crippen LogP contribution in [0.15, 0.2) is 29.2 Å². The Balaban J connectivity index is 1.87. The summed E-state index contributed by atoms with van der Waals surface area (Å²) < 4.78 is 62.3. The second-order valence-corrected chi connectivity index (χ2v) is 7.96. The molecule has 2 aliphatic rings. The zero-order valence-electron chi connectivity index (χ0n) is 12.6. The summed E-state index contributed by atoms with van der Waals surface area (Å²) in [7, 11) is -5.34. The van der Waals surface area contributed by atoms with Crippen molar-refractivity contribution in [1.82, 2.24) is 4.90 Å². The van der Waals surface area contributed by atoms with Crippen LogP contribution in [-0.2, 0) is 9.84 Å². The number of hydrogen-bond donors (Lipinski definition) is 0. The van der Waals surface area contributed by atoms with Crippen LogP contribution in [0, 0.1) is 0 Å². The summed E-state index contributed by atoms with van der Waals surface area (Å²) in [5, 5.41) is 0. The van der Waals surface area contributed by atoms with E-state index in [1.54, 1.807) is 11.0 Å². The average Bonchev–Trinajstić information content (AvgIpc) is 3.17. The van der Waals surface area contributed by atoms with Gasteiger partial charge in [0.15, 0.2) is 0 Å². The predicted octanol–water partition coefficient (Wildman–Crippen LogP) is 2.65. The van der Waals surface area contributed by atoms with E-state index in [9.17, 15) is 21.6 Å². The van der Waals surface area contributed by atoms with E-state index in [0.29, 0.717) is 19.1 Å². The lowest BCUT2D eigenvalue weighted by Gasteiger charge is -2.25. The van der Waals surface area contributed by atoms with Gasteiger partial charge in [-0.15, -0.1) is 0 Å². The molecule has 0 aromatic heterocycles. The van der Waals surface area contributed by atoms with Crippen LogP contribution in [0.4, 0.5) is 18.9 Å². The van der Waals surface area contributed by atoms with Gasteiger partial charge < -0.3 is 4.90 Å². The first-order valence-electron chi connectivity index (χ1n) is 7.70. The van der Waals surface area contributed by atoms with Crippen molar-refractivity contribution >= 4 is 15.5 Å². The van der Waals surface area contributed by atoms with Crippen LogP contribution in [0.3, 0.4) is 0 Å². The third-order valence-electron chi connectivity index (χ3n) is 4.62. The van der Waals surface area contributed by atoms with E-state index in [0.717, 1.165) is 38.4 Å². The number of sulfone groups is 1. The third kappa shape index (κ3) is 3.06. The minimum atomic E-state index is -5.34. The van der Waals surface area contributed by atoms with Gasteiger partial charge in [-0.1, -0.05) is 12.1 Å². The van der Waals surface area contributed by atoms with Crippen molar-refractivity contribution in [3.05, 3.63) is 24.3 Å². The maximum absolute atomic E-state index is 12.9. The van der Waals surface area contributed by atoms with Crippen LogP contribution in [0.25, 0.3) is 0 Å². The maximum atomic E-state index is 12.9.